The molecule has 0 spiro atoms. The number of thiophene rings is 1. The molecule has 6 aromatic rings. The lowest BCUT2D eigenvalue weighted by molar-refractivity contribution is 0.103. The Balaban J connectivity index is 1.23. The fourth-order valence-corrected chi connectivity index (χ4v) is 6.59. The van der Waals surface area contributed by atoms with Gasteiger partial charge in [0.1, 0.15) is 5.65 Å². The maximum absolute atomic E-state index is 12.8. The number of nitrogens with one attached hydrogen (secondary N) is 2. The van der Waals surface area contributed by atoms with Crippen molar-refractivity contribution in [1.29, 1.82) is 0 Å². The fraction of sp³-hybridized carbons (Fsp3) is 0.125. The molecule has 1 amide bonds. The zero-order valence-electron chi connectivity index (χ0n) is 22.7. The Morgan fingerprint density at radius 3 is 2.79 bits per heavy atom. The summed E-state index contributed by atoms with van der Waals surface area (Å²) in [7, 11) is 2.15. The highest BCUT2D eigenvalue weighted by Gasteiger charge is 2.19. The van der Waals surface area contributed by atoms with Crippen LogP contribution in [0, 0.1) is 0 Å². The summed E-state index contributed by atoms with van der Waals surface area (Å²) in [6.45, 7) is 2.01. The molecule has 8 nitrogen and oxygen atoms in total. The van der Waals surface area contributed by atoms with Crippen LogP contribution in [0.25, 0.3) is 28.3 Å². The number of likely N-dealkylation sites (N-methyl/N-ethyl adjacent to an activating group) is 1. The molecule has 10 heteroatoms. The number of imidazole rings is 1. The largest absolute Gasteiger partial charge is 0.324 e. The van der Waals surface area contributed by atoms with Crippen LogP contribution in [0.1, 0.15) is 20.8 Å². The van der Waals surface area contributed by atoms with Gasteiger partial charge in [0.05, 0.1) is 22.0 Å². The highest BCUT2D eigenvalue weighted by Crippen LogP contribution is 2.34. The average Bonchev–Trinajstić information content (AvgIpc) is 3.61. The summed E-state index contributed by atoms with van der Waals surface area (Å²) in [4.78, 5) is 30.2. The van der Waals surface area contributed by atoms with Gasteiger partial charge in [-0.1, -0.05) is 24.3 Å². The van der Waals surface area contributed by atoms with Crippen molar-refractivity contribution < 1.29 is 4.79 Å². The number of hydrogen-bond donors (Lipinski definition) is 2. The van der Waals surface area contributed by atoms with Gasteiger partial charge in [-0.25, -0.2) is 15.0 Å². The SMILES string of the molecule is CN1CCc2ccc(Nc3nccc(-c4c(-c5cccc(NC(=O)c6cc(Br)cs6)c5)nc5ccccn45)n3)cc2C1. The van der Waals surface area contributed by atoms with Crippen LogP contribution in [0.3, 0.4) is 0 Å². The summed E-state index contributed by atoms with van der Waals surface area (Å²) in [5.74, 6) is 0.356. The van der Waals surface area contributed by atoms with E-state index in [1.807, 2.05) is 70.6 Å². The monoisotopic (exact) mass is 635 g/mol. The van der Waals surface area contributed by atoms with E-state index in [0.717, 1.165) is 58.0 Å². The number of aromatic nitrogens is 4. The standard InChI is InChI=1S/C32H26BrN7OS/c1-39-14-11-20-8-9-25(16-22(20)18-39)36-32-34-12-10-26(37-32)30-29(38-28-7-2-3-13-40(28)30)21-5-4-6-24(15-21)35-31(41)27-17-23(33)19-42-27/h2-10,12-13,15-17,19H,11,14,18H2,1H3,(H,35,41)(H,34,36,37). The fourth-order valence-electron chi connectivity index (χ4n) is 5.27. The smallest absolute Gasteiger partial charge is 0.265 e. The topological polar surface area (TPSA) is 87.5 Å². The zero-order valence-corrected chi connectivity index (χ0v) is 25.1. The summed E-state index contributed by atoms with van der Waals surface area (Å²) >= 11 is 4.81. The van der Waals surface area contributed by atoms with E-state index >= 15 is 0 Å². The van der Waals surface area contributed by atoms with Gasteiger partial charge in [0.2, 0.25) is 5.95 Å². The normalized spacial score (nSPS) is 13.2. The zero-order chi connectivity index (χ0) is 28.6. The van der Waals surface area contributed by atoms with Crippen LogP contribution in [0.4, 0.5) is 17.3 Å². The number of amides is 1. The first-order valence-corrected chi connectivity index (χ1v) is 15.2. The number of halogens is 1. The molecule has 5 heterocycles. The molecule has 0 bridgehead atoms. The Kier molecular flexibility index (Phi) is 7.02. The van der Waals surface area contributed by atoms with E-state index in [1.165, 1.54) is 22.5 Å². The van der Waals surface area contributed by atoms with Crippen LogP contribution in [0.15, 0.2) is 95.0 Å². The molecule has 4 aromatic heterocycles. The molecule has 42 heavy (non-hydrogen) atoms. The quantitative estimate of drug-likeness (QED) is 0.200. The van der Waals surface area contributed by atoms with Crippen molar-refractivity contribution in [1.82, 2.24) is 24.3 Å². The average molecular weight is 637 g/mol. The van der Waals surface area contributed by atoms with Gasteiger partial charge in [0.15, 0.2) is 0 Å². The summed E-state index contributed by atoms with van der Waals surface area (Å²) in [5.41, 5.74) is 8.37. The predicted molar refractivity (Wildman–Crippen MR) is 171 cm³/mol. The minimum Gasteiger partial charge on any atom is -0.324 e. The van der Waals surface area contributed by atoms with Gasteiger partial charge in [-0.3, -0.25) is 9.20 Å². The lowest BCUT2D eigenvalue weighted by Gasteiger charge is -2.25. The third kappa shape index (κ3) is 5.32. The highest BCUT2D eigenvalue weighted by atomic mass is 79.9. The molecular weight excluding hydrogens is 610 g/mol. The molecule has 0 saturated heterocycles. The summed E-state index contributed by atoms with van der Waals surface area (Å²) in [6, 6.07) is 23.8. The van der Waals surface area contributed by atoms with Crippen LogP contribution in [-0.4, -0.2) is 43.8 Å². The number of rotatable bonds is 6. The van der Waals surface area contributed by atoms with Crippen molar-refractivity contribution in [3.8, 4) is 22.6 Å². The Morgan fingerprint density at radius 1 is 0.976 bits per heavy atom. The van der Waals surface area contributed by atoms with Crippen LogP contribution in [-0.2, 0) is 13.0 Å². The van der Waals surface area contributed by atoms with E-state index in [2.05, 4.69) is 61.7 Å². The highest BCUT2D eigenvalue weighted by molar-refractivity contribution is 9.10. The summed E-state index contributed by atoms with van der Waals surface area (Å²) in [5, 5.41) is 8.31. The molecule has 208 valence electrons. The second kappa shape index (κ2) is 11.1. The maximum Gasteiger partial charge on any atom is 0.265 e. The van der Waals surface area contributed by atoms with Crippen molar-refractivity contribution in [2.24, 2.45) is 0 Å². The molecule has 0 aliphatic carbocycles. The number of benzene rings is 2. The third-order valence-corrected chi connectivity index (χ3v) is 8.97. The van der Waals surface area contributed by atoms with Crippen molar-refractivity contribution in [3.63, 3.8) is 0 Å². The van der Waals surface area contributed by atoms with Crippen molar-refractivity contribution in [2.45, 2.75) is 13.0 Å². The molecule has 0 unspecified atom stereocenters. The van der Waals surface area contributed by atoms with Gasteiger partial charge in [-0.2, -0.15) is 0 Å². The molecule has 7 rings (SSSR count). The van der Waals surface area contributed by atoms with Gasteiger partial charge in [-0.05, 0) is 89.1 Å². The molecule has 0 saturated carbocycles. The van der Waals surface area contributed by atoms with Gasteiger partial charge >= 0.3 is 0 Å². The minimum atomic E-state index is -0.154. The Bertz CT molecular complexity index is 1950. The van der Waals surface area contributed by atoms with Crippen LogP contribution in [0.5, 0.6) is 0 Å². The van der Waals surface area contributed by atoms with E-state index in [4.69, 9.17) is 9.97 Å². The predicted octanol–water partition coefficient (Wildman–Crippen LogP) is 7.27. The van der Waals surface area contributed by atoms with Gasteiger partial charge in [0, 0.05) is 52.3 Å². The van der Waals surface area contributed by atoms with E-state index in [-0.39, 0.29) is 5.91 Å². The van der Waals surface area contributed by atoms with Crippen molar-refractivity contribution in [3.05, 3.63) is 111 Å². The molecule has 2 aromatic carbocycles. The first kappa shape index (κ1) is 26.5. The number of carbonyl (C=O) groups excluding carboxylic acids is 1. The second-order valence-electron chi connectivity index (χ2n) is 10.3. The molecule has 1 aliphatic rings. The molecular formula is C32H26BrN7OS. The Labute approximate surface area is 255 Å². The first-order valence-electron chi connectivity index (χ1n) is 13.5. The minimum absolute atomic E-state index is 0.154. The van der Waals surface area contributed by atoms with E-state index in [0.29, 0.717) is 16.5 Å². The molecule has 0 fully saturated rings. The van der Waals surface area contributed by atoms with Crippen molar-refractivity contribution in [2.75, 3.05) is 24.2 Å². The van der Waals surface area contributed by atoms with Crippen LogP contribution in [0.2, 0.25) is 0 Å². The van der Waals surface area contributed by atoms with Gasteiger partial charge in [0.25, 0.3) is 5.91 Å². The lowest BCUT2D eigenvalue weighted by atomic mass is 9.99. The second-order valence-corrected chi connectivity index (χ2v) is 12.1. The molecule has 0 radical (unpaired) electrons. The summed E-state index contributed by atoms with van der Waals surface area (Å²) < 4.78 is 2.92. The summed E-state index contributed by atoms with van der Waals surface area (Å²) in [6.07, 6.45) is 4.81. The first-order chi connectivity index (χ1) is 20.5. The number of hydrogen-bond acceptors (Lipinski definition) is 7. The maximum atomic E-state index is 12.8. The number of anilines is 3. The van der Waals surface area contributed by atoms with Crippen molar-refractivity contribution >= 4 is 56.1 Å². The number of fused-ring (bicyclic) bond motifs is 2. The third-order valence-electron chi connectivity index (χ3n) is 7.28. The number of carbonyl (C=O) groups is 1. The van der Waals surface area contributed by atoms with Gasteiger partial charge < -0.3 is 15.5 Å². The van der Waals surface area contributed by atoms with Gasteiger partial charge in [-0.15, -0.1) is 11.3 Å². The van der Waals surface area contributed by atoms with E-state index in [1.54, 1.807) is 6.20 Å². The lowest BCUT2D eigenvalue weighted by Crippen LogP contribution is -2.26. The molecule has 2 N–H and O–H groups in total. The van der Waals surface area contributed by atoms with E-state index in [9.17, 15) is 4.79 Å². The molecule has 1 aliphatic heterocycles. The Morgan fingerprint density at radius 2 is 1.90 bits per heavy atom. The number of pyridine rings is 1. The Hall–Kier alpha value is -4.38. The molecule has 0 atom stereocenters. The number of nitrogens with zero attached hydrogens (tertiary/aromatic N) is 5. The van der Waals surface area contributed by atoms with Crippen LogP contribution >= 0.6 is 27.3 Å². The van der Waals surface area contributed by atoms with E-state index < -0.39 is 0 Å². The van der Waals surface area contributed by atoms with Crippen LogP contribution < -0.4 is 10.6 Å².